The van der Waals surface area contributed by atoms with Crippen molar-refractivity contribution in [3.63, 3.8) is 0 Å². The maximum Gasteiger partial charge on any atom is 0.110 e. The fourth-order valence-electron chi connectivity index (χ4n) is 1.01. The van der Waals surface area contributed by atoms with E-state index in [0.717, 1.165) is 5.01 Å². The van der Waals surface area contributed by atoms with E-state index in [1.165, 1.54) is 4.88 Å². The first kappa shape index (κ1) is 10.7. The van der Waals surface area contributed by atoms with Crippen LogP contribution >= 0.6 is 11.3 Å². The zero-order valence-electron chi connectivity index (χ0n) is 8.74. The van der Waals surface area contributed by atoms with Gasteiger partial charge in [0.15, 0.2) is 0 Å². The monoisotopic (exact) mass is 198 g/mol. The Morgan fingerprint density at radius 3 is 2.31 bits per heavy atom. The Kier molecular flexibility index (Phi) is 3.45. The van der Waals surface area contributed by atoms with E-state index in [-0.39, 0.29) is 6.04 Å². The molecule has 0 aliphatic rings. The van der Waals surface area contributed by atoms with Gasteiger partial charge in [-0.15, -0.1) is 11.3 Å². The number of aromatic nitrogens is 1. The molecular weight excluding hydrogens is 180 g/mol. The minimum Gasteiger partial charge on any atom is -0.322 e. The highest BCUT2D eigenvalue weighted by Crippen LogP contribution is 2.27. The number of hydrogen-bond acceptors (Lipinski definition) is 3. The van der Waals surface area contributed by atoms with Crippen molar-refractivity contribution in [3.05, 3.63) is 16.1 Å². The van der Waals surface area contributed by atoms with Crippen molar-refractivity contribution in [2.75, 3.05) is 0 Å². The van der Waals surface area contributed by atoms with Crippen LogP contribution in [0.2, 0.25) is 0 Å². The van der Waals surface area contributed by atoms with Gasteiger partial charge in [-0.2, -0.15) is 0 Å². The maximum absolute atomic E-state index is 6.00. The van der Waals surface area contributed by atoms with Crippen LogP contribution in [-0.4, -0.2) is 4.98 Å². The van der Waals surface area contributed by atoms with Crippen molar-refractivity contribution in [2.45, 2.75) is 39.7 Å². The molecule has 0 aliphatic carbocycles. The van der Waals surface area contributed by atoms with E-state index in [1.54, 1.807) is 11.3 Å². The summed E-state index contributed by atoms with van der Waals surface area (Å²) in [4.78, 5) is 5.68. The van der Waals surface area contributed by atoms with Crippen LogP contribution in [0.5, 0.6) is 0 Å². The van der Waals surface area contributed by atoms with E-state index in [1.807, 2.05) is 6.20 Å². The van der Waals surface area contributed by atoms with Crippen molar-refractivity contribution in [1.82, 2.24) is 4.98 Å². The molecule has 0 saturated carbocycles. The van der Waals surface area contributed by atoms with Gasteiger partial charge in [-0.3, -0.25) is 0 Å². The predicted octanol–water partition coefficient (Wildman–Crippen LogP) is 2.92. The lowest BCUT2D eigenvalue weighted by Gasteiger charge is -2.11. The molecular formula is C10H18N2S. The predicted molar refractivity (Wildman–Crippen MR) is 58.0 cm³/mol. The van der Waals surface area contributed by atoms with E-state index in [0.29, 0.717) is 11.8 Å². The molecule has 0 amide bonds. The second kappa shape index (κ2) is 4.20. The van der Waals surface area contributed by atoms with Crippen LogP contribution in [0.4, 0.5) is 0 Å². The lowest BCUT2D eigenvalue weighted by atomic mass is 10.1. The third kappa shape index (κ3) is 2.51. The van der Waals surface area contributed by atoms with E-state index >= 15 is 0 Å². The second-order valence-electron chi connectivity index (χ2n) is 4.03. The second-order valence-corrected chi connectivity index (χ2v) is 5.12. The van der Waals surface area contributed by atoms with Gasteiger partial charge < -0.3 is 5.73 Å². The van der Waals surface area contributed by atoms with E-state index < -0.39 is 0 Å². The molecule has 1 rings (SSSR count). The molecule has 0 fully saturated rings. The van der Waals surface area contributed by atoms with Gasteiger partial charge in [0.2, 0.25) is 0 Å². The summed E-state index contributed by atoms with van der Waals surface area (Å²) in [6, 6.07) is 0.0949. The first-order valence-electron chi connectivity index (χ1n) is 4.73. The highest BCUT2D eigenvalue weighted by molar-refractivity contribution is 7.11. The van der Waals surface area contributed by atoms with Crippen LogP contribution in [0.15, 0.2) is 6.20 Å². The molecule has 0 spiro atoms. The van der Waals surface area contributed by atoms with Gasteiger partial charge in [0.1, 0.15) is 5.01 Å². The summed E-state index contributed by atoms with van der Waals surface area (Å²) >= 11 is 1.74. The lowest BCUT2D eigenvalue weighted by molar-refractivity contribution is 0.512. The molecule has 0 aliphatic heterocycles. The Morgan fingerprint density at radius 1 is 1.31 bits per heavy atom. The minimum absolute atomic E-state index is 0.0949. The fraction of sp³-hybridized carbons (Fsp3) is 0.700. The van der Waals surface area contributed by atoms with Gasteiger partial charge in [0, 0.05) is 11.1 Å². The van der Waals surface area contributed by atoms with Gasteiger partial charge in [-0.05, 0) is 11.8 Å². The summed E-state index contributed by atoms with van der Waals surface area (Å²) in [5.41, 5.74) is 6.00. The topological polar surface area (TPSA) is 38.9 Å². The molecule has 13 heavy (non-hydrogen) atoms. The summed E-state index contributed by atoms with van der Waals surface area (Å²) in [6.07, 6.45) is 1.95. The number of nitrogens with zero attached hydrogens (tertiary/aromatic N) is 1. The molecule has 1 aromatic heterocycles. The lowest BCUT2D eigenvalue weighted by Crippen LogP contribution is -2.16. The van der Waals surface area contributed by atoms with Crippen LogP contribution in [0.3, 0.4) is 0 Å². The first-order valence-corrected chi connectivity index (χ1v) is 5.55. The molecule has 3 heteroatoms. The van der Waals surface area contributed by atoms with Crippen LogP contribution in [0, 0.1) is 5.92 Å². The Bertz CT molecular complexity index is 266. The standard InChI is InChI=1S/C10H18N2S/c1-6(2)8-5-12-10(13-8)9(11)7(3)4/h5-7,9H,11H2,1-4H3. The summed E-state index contributed by atoms with van der Waals surface area (Å²) in [6.45, 7) is 8.61. The highest BCUT2D eigenvalue weighted by Gasteiger charge is 2.15. The molecule has 2 nitrogen and oxygen atoms in total. The van der Waals surface area contributed by atoms with Crippen LogP contribution < -0.4 is 5.73 Å². The van der Waals surface area contributed by atoms with E-state index in [9.17, 15) is 0 Å². The fourth-order valence-corrected chi connectivity index (χ4v) is 2.10. The van der Waals surface area contributed by atoms with Crippen molar-refractivity contribution in [1.29, 1.82) is 0 Å². The Hall–Kier alpha value is -0.410. The Labute approximate surface area is 84.2 Å². The van der Waals surface area contributed by atoms with Gasteiger partial charge in [-0.1, -0.05) is 27.7 Å². The minimum atomic E-state index is 0.0949. The number of rotatable bonds is 3. The van der Waals surface area contributed by atoms with Gasteiger partial charge in [0.25, 0.3) is 0 Å². The smallest absolute Gasteiger partial charge is 0.110 e. The van der Waals surface area contributed by atoms with E-state index in [4.69, 9.17) is 5.73 Å². The molecule has 1 unspecified atom stereocenters. The molecule has 0 bridgehead atoms. The van der Waals surface area contributed by atoms with Crippen molar-refractivity contribution in [2.24, 2.45) is 11.7 Å². The van der Waals surface area contributed by atoms with Crippen LogP contribution in [0.1, 0.15) is 49.5 Å². The zero-order chi connectivity index (χ0) is 10.0. The molecule has 2 N–H and O–H groups in total. The Morgan fingerprint density at radius 2 is 1.92 bits per heavy atom. The molecule has 1 heterocycles. The van der Waals surface area contributed by atoms with Crippen molar-refractivity contribution in [3.8, 4) is 0 Å². The molecule has 74 valence electrons. The third-order valence-electron chi connectivity index (χ3n) is 2.11. The quantitative estimate of drug-likeness (QED) is 0.811. The molecule has 0 aromatic carbocycles. The van der Waals surface area contributed by atoms with Crippen LogP contribution in [-0.2, 0) is 0 Å². The first-order chi connectivity index (χ1) is 6.02. The normalized spacial score (nSPS) is 14.1. The van der Waals surface area contributed by atoms with Gasteiger partial charge in [-0.25, -0.2) is 4.98 Å². The summed E-state index contributed by atoms with van der Waals surface area (Å²) < 4.78 is 0. The van der Waals surface area contributed by atoms with Gasteiger partial charge >= 0.3 is 0 Å². The summed E-state index contributed by atoms with van der Waals surface area (Å²) in [5.74, 6) is 1.02. The number of hydrogen-bond donors (Lipinski definition) is 1. The Balaban J connectivity index is 2.79. The molecule has 1 aromatic rings. The molecule has 1 atom stereocenters. The number of nitrogens with two attached hydrogens (primary N) is 1. The average molecular weight is 198 g/mol. The zero-order valence-corrected chi connectivity index (χ0v) is 9.56. The van der Waals surface area contributed by atoms with Crippen molar-refractivity contribution >= 4 is 11.3 Å². The molecule has 0 saturated heterocycles. The summed E-state index contributed by atoms with van der Waals surface area (Å²) in [5, 5.41) is 1.07. The maximum atomic E-state index is 6.00. The molecule has 0 radical (unpaired) electrons. The van der Waals surface area contributed by atoms with Gasteiger partial charge in [0.05, 0.1) is 6.04 Å². The third-order valence-corrected chi connectivity index (χ3v) is 3.51. The summed E-state index contributed by atoms with van der Waals surface area (Å²) in [7, 11) is 0. The van der Waals surface area contributed by atoms with E-state index in [2.05, 4.69) is 32.7 Å². The highest BCUT2D eigenvalue weighted by atomic mass is 32.1. The SMILES string of the molecule is CC(C)c1cnc(C(N)C(C)C)s1. The largest absolute Gasteiger partial charge is 0.322 e. The number of thiazole rings is 1. The van der Waals surface area contributed by atoms with Crippen LogP contribution in [0.25, 0.3) is 0 Å². The van der Waals surface area contributed by atoms with Crippen molar-refractivity contribution < 1.29 is 0 Å². The average Bonchev–Trinajstić information content (AvgIpc) is 2.50.